The van der Waals surface area contributed by atoms with Crippen molar-refractivity contribution in [1.82, 2.24) is 24.8 Å². The molecule has 0 bridgehead atoms. The highest BCUT2D eigenvalue weighted by atomic mass is 19.4. The normalized spacial score (nSPS) is 17.8. The first-order chi connectivity index (χ1) is 12.8. The first kappa shape index (κ1) is 17.5. The van der Waals surface area contributed by atoms with Gasteiger partial charge in [0.05, 0.1) is 23.1 Å². The molecule has 1 atom stereocenters. The molecular weight excluding hydrogens is 361 g/mol. The molecule has 4 rings (SSSR count). The van der Waals surface area contributed by atoms with Gasteiger partial charge in [0.1, 0.15) is 24.2 Å². The Kier molecular flexibility index (Phi) is 4.12. The van der Waals surface area contributed by atoms with Crippen LogP contribution in [-0.2, 0) is 4.79 Å². The summed E-state index contributed by atoms with van der Waals surface area (Å²) in [4.78, 5) is 31.1. The number of carbonyl (C=O) groups excluding carboxylic acids is 1. The quantitative estimate of drug-likeness (QED) is 0.758. The average Bonchev–Trinajstić information content (AvgIpc) is 3.28. The van der Waals surface area contributed by atoms with Crippen LogP contribution < -0.4 is 4.90 Å². The Balaban J connectivity index is 1.61. The largest absolute Gasteiger partial charge is 0.397 e. The summed E-state index contributed by atoms with van der Waals surface area (Å²) >= 11 is 0. The van der Waals surface area contributed by atoms with E-state index < -0.39 is 18.5 Å². The van der Waals surface area contributed by atoms with Crippen LogP contribution in [0.3, 0.4) is 0 Å². The molecule has 1 fully saturated rings. The molecule has 1 unspecified atom stereocenters. The maximum atomic E-state index is 12.5. The monoisotopic (exact) mass is 378 g/mol. The molecule has 4 heterocycles. The molecule has 1 N–H and O–H groups in total. The van der Waals surface area contributed by atoms with E-state index in [-0.39, 0.29) is 6.04 Å². The molecule has 7 nitrogen and oxygen atoms in total. The summed E-state index contributed by atoms with van der Waals surface area (Å²) in [5, 5.41) is 1.72. The molecule has 27 heavy (non-hydrogen) atoms. The zero-order valence-electron chi connectivity index (χ0n) is 14.5. The number of amides is 1. The highest BCUT2D eigenvalue weighted by Crippen LogP contribution is 2.32. The van der Waals surface area contributed by atoms with Gasteiger partial charge in [0.2, 0.25) is 5.91 Å². The lowest BCUT2D eigenvalue weighted by Crippen LogP contribution is -2.40. The van der Waals surface area contributed by atoms with Gasteiger partial charge in [-0.15, -0.1) is 0 Å². The summed E-state index contributed by atoms with van der Waals surface area (Å²) in [6.45, 7) is 1.01. The molecule has 1 amide bonds. The summed E-state index contributed by atoms with van der Waals surface area (Å²) in [5.74, 6) is -0.217. The molecule has 1 aliphatic heterocycles. The van der Waals surface area contributed by atoms with E-state index in [0.29, 0.717) is 36.5 Å². The van der Waals surface area contributed by atoms with Gasteiger partial charge in [-0.3, -0.25) is 4.79 Å². The van der Waals surface area contributed by atoms with E-state index in [1.54, 1.807) is 12.4 Å². The number of nitrogens with zero attached hydrogens (tertiary/aromatic N) is 5. The lowest BCUT2D eigenvalue weighted by Gasteiger charge is -2.26. The summed E-state index contributed by atoms with van der Waals surface area (Å²) in [7, 11) is 1.43. The summed E-state index contributed by atoms with van der Waals surface area (Å²) in [6, 6.07) is 1.60. The Bertz CT molecular complexity index is 1000. The number of pyridine rings is 1. The zero-order chi connectivity index (χ0) is 19.2. The minimum atomic E-state index is -4.50. The van der Waals surface area contributed by atoms with E-state index >= 15 is 0 Å². The van der Waals surface area contributed by atoms with Crippen molar-refractivity contribution in [3.8, 4) is 0 Å². The number of carbonyl (C=O) groups is 1. The number of aromatic nitrogens is 4. The molecule has 1 aliphatic rings. The number of anilines is 1. The second kappa shape index (κ2) is 6.36. The number of H-pyrrole nitrogens is 1. The van der Waals surface area contributed by atoms with E-state index in [1.165, 1.54) is 18.3 Å². The van der Waals surface area contributed by atoms with Gasteiger partial charge in [-0.2, -0.15) is 13.2 Å². The fourth-order valence-electron chi connectivity index (χ4n) is 3.53. The van der Waals surface area contributed by atoms with Crippen LogP contribution in [0.2, 0.25) is 0 Å². The molecule has 142 valence electrons. The van der Waals surface area contributed by atoms with Crippen LogP contribution in [0, 0.1) is 0 Å². The van der Waals surface area contributed by atoms with Crippen molar-refractivity contribution in [3.63, 3.8) is 0 Å². The molecule has 0 saturated carbocycles. The van der Waals surface area contributed by atoms with Gasteiger partial charge in [-0.1, -0.05) is 0 Å². The topological polar surface area (TPSA) is 78.0 Å². The number of rotatable bonds is 3. The first-order valence-corrected chi connectivity index (χ1v) is 8.47. The van der Waals surface area contributed by atoms with Crippen molar-refractivity contribution in [1.29, 1.82) is 0 Å². The van der Waals surface area contributed by atoms with Gasteiger partial charge in [-0.05, 0) is 12.5 Å². The van der Waals surface area contributed by atoms with Crippen molar-refractivity contribution >= 4 is 33.7 Å². The lowest BCUT2D eigenvalue weighted by atomic mass is 10.2. The third-order valence-corrected chi connectivity index (χ3v) is 4.92. The van der Waals surface area contributed by atoms with E-state index in [1.807, 2.05) is 11.0 Å². The maximum Gasteiger partial charge on any atom is 0.397 e. The fraction of sp³-hybridized carbons (Fsp3) is 0.412. The Morgan fingerprint density at radius 2 is 2.19 bits per heavy atom. The number of fused-ring (bicyclic) bond motifs is 3. The number of likely N-dealkylation sites (N-methyl/N-ethyl adjacent to an activating group) is 1. The van der Waals surface area contributed by atoms with Gasteiger partial charge in [-0.25, -0.2) is 15.0 Å². The SMILES string of the molecule is CN(C(=O)CC(F)(F)F)C1CCN(c2ncnc3cnc4[nH]ccc4c23)C1. The minimum Gasteiger partial charge on any atom is -0.354 e. The van der Waals surface area contributed by atoms with Crippen molar-refractivity contribution in [2.45, 2.75) is 25.1 Å². The molecule has 3 aromatic rings. The molecule has 3 aromatic heterocycles. The van der Waals surface area contributed by atoms with Crippen LogP contribution in [-0.4, -0.2) is 63.1 Å². The van der Waals surface area contributed by atoms with Crippen molar-refractivity contribution in [2.75, 3.05) is 25.0 Å². The van der Waals surface area contributed by atoms with Crippen molar-refractivity contribution in [2.24, 2.45) is 0 Å². The van der Waals surface area contributed by atoms with Crippen LogP contribution in [0.5, 0.6) is 0 Å². The maximum absolute atomic E-state index is 12.5. The number of hydrogen-bond donors (Lipinski definition) is 1. The summed E-state index contributed by atoms with van der Waals surface area (Å²) < 4.78 is 37.5. The van der Waals surface area contributed by atoms with E-state index in [4.69, 9.17) is 0 Å². The number of alkyl halides is 3. The second-order valence-electron chi connectivity index (χ2n) is 6.64. The molecule has 0 aromatic carbocycles. The smallest absolute Gasteiger partial charge is 0.354 e. The van der Waals surface area contributed by atoms with Crippen LogP contribution in [0.4, 0.5) is 19.0 Å². The van der Waals surface area contributed by atoms with E-state index in [9.17, 15) is 18.0 Å². The molecule has 0 aliphatic carbocycles. The van der Waals surface area contributed by atoms with Gasteiger partial charge in [0.15, 0.2) is 0 Å². The lowest BCUT2D eigenvalue weighted by molar-refractivity contribution is -0.161. The van der Waals surface area contributed by atoms with Crippen molar-refractivity contribution in [3.05, 3.63) is 24.8 Å². The Labute approximate surface area is 152 Å². The standard InChI is InChI=1S/C17H17F3N6O/c1-25(13(27)6-17(18,19)20)10-3-5-26(8-10)16-14-11-2-4-21-15(11)22-7-12(14)23-9-24-16/h2,4,7,9-10H,3,5-6,8H2,1H3,(H,21,22). The Morgan fingerprint density at radius 1 is 1.37 bits per heavy atom. The Hall–Kier alpha value is -2.91. The van der Waals surface area contributed by atoms with Gasteiger partial charge in [0, 0.05) is 31.7 Å². The predicted octanol–water partition coefficient (Wildman–Crippen LogP) is 2.50. The Morgan fingerprint density at radius 3 is 2.96 bits per heavy atom. The number of aromatic amines is 1. The molecule has 1 saturated heterocycles. The third-order valence-electron chi connectivity index (χ3n) is 4.92. The number of halogens is 3. The van der Waals surface area contributed by atoms with Crippen molar-refractivity contribution < 1.29 is 18.0 Å². The van der Waals surface area contributed by atoms with Crippen LogP contribution in [0.25, 0.3) is 21.9 Å². The van der Waals surface area contributed by atoms with Crippen LogP contribution in [0.15, 0.2) is 24.8 Å². The highest BCUT2D eigenvalue weighted by Gasteiger charge is 2.36. The molecule has 10 heteroatoms. The van der Waals surface area contributed by atoms with Crippen LogP contribution >= 0.6 is 0 Å². The summed E-state index contributed by atoms with van der Waals surface area (Å²) in [6.07, 6.45) is -0.474. The van der Waals surface area contributed by atoms with Gasteiger partial charge in [0.25, 0.3) is 0 Å². The fourth-order valence-corrected chi connectivity index (χ4v) is 3.53. The third kappa shape index (κ3) is 3.26. The molecule has 0 radical (unpaired) electrons. The zero-order valence-corrected chi connectivity index (χ0v) is 14.5. The minimum absolute atomic E-state index is 0.298. The van der Waals surface area contributed by atoms with E-state index in [0.717, 1.165) is 10.8 Å². The number of hydrogen-bond acceptors (Lipinski definition) is 5. The van der Waals surface area contributed by atoms with Gasteiger partial charge < -0.3 is 14.8 Å². The molecular formula is C17H17F3N6O. The average molecular weight is 378 g/mol. The number of nitrogens with one attached hydrogen (secondary N) is 1. The van der Waals surface area contributed by atoms with Gasteiger partial charge >= 0.3 is 6.18 Å². The highest BCUT2D eigenvalue weighted by molar-refractivity contribution is 6.08. The molecule has 0 spiro atoms. The second-order valence-corrected chi connectivity index (χ2v) is 6.64. The van der Waals surface area contributed by atoms with Crippen LogP contribution in [0.1, 0.15) is 12.8 Å². The summed E-state index contributed by atoms with van der Waals surface area (Å²) in [5.41, 5.74) is 1.41. The first-order valence-electron chi connectivity index (χ1n) is 8.47. The van der Waals surface area contributed by atoms with E-state index in [2.05, 4.69) is 19.9 Å². The predicted molar refractivity (Wildman–Crippen MR) is 93.2 cm³/mol.